The summed E-state index contributed by atoms with van der Waals surface area (Å²) in [5, 5.41) is 0.709. The monoisotopic (exact) mass is 342 g/mol. The molecule has 0 spiro atoms. The van der Waals surface area contributed by atoms with Gasteiger partial charge >= 0.3 is 0 Å². The predicted molar refractivity (Wildman–Crippen MR) is 101 cm³/mol. The molecule has 1 amide bonds. The molecule has 4 heteroatoms. The first-order valence-corrected chi connectivity index (χ1v) is 8.81. The summed E-state index contributed by atoms with van der Waals surface area (Å²) < 4.78 is 0. The van der Waals surface area contributed by atoms with Gasteiger partial charge in [-0.15, -0.1) is 0 Å². The minimum atomic E-state index is -0.00333. The second kappa shape index (κ2) is 6.86. The van der Waals surface area contributed by atoms with Crippen molar-refractivity contribution in [3.05, 3.63) is 59.1 Å². The molecule has 0 aliphatic carbocycles. The molecule has 0 fully saturated rings. The predicted octanol–water partition coefficient (Wildman–Crippen LogP) is 5.05. The molecule has 3 nitrogen and oxygen atoms in total. The first-order valence-electron chi connectivity index (χ1n) is 8.43. The standard InChI is InChI=1S/C20H23ClN2O/c1-4-22-14(2)12-20(18-13-16(21)10-11-19(18)22)23(15(3)24)17-8-6-5-7-9-17/h5-11,13-14,20H,4,12H2,1-3H3. The Labute approximate surface area is 148 Å². The zero-order valence-corrected chi connectivity index (χ0v) is 15.1. The molecule has 1 aliphatic rings. The summed E-state index contributed by atoms with van der Waals surface area (Å²) in [6.07, 6.45) is 0.885. The average molecular weight is 343 g/mol. The van der Waals surface area contributed by atoms with Gasteiger partial charge in [-0.2, -0.15) is 0 Å². The van der Waals surface area contributed by atoms with E-state index in [4.69, 9.17) is 11.6 Å². The van der Waals surface area contributed by atoms with Crippen molar-refractivity contribution in [2.24, 2.45) is 0 Å². The second-order valence-corrected chi connectivity index (χ2v) is 6.75. The smallest absolute Gasteiger partial charge is 0.224 e. The summed E-state index contributed by atoms with van der Waals surface area (Å²) in [5.41, 5.74) is 3.23. The minimum absolute atomic E-state index is 0.00333. The van der Waals surface area contributed by atoms with Crippen LogP contribution < -0.4 is 9.80 Å². The Balaban J connectivity index is 2.13. The van der Waals surface area contributed by atoms with Crippen molar-refractivity contribution < 1.29 is 4.79 Å². The summed E-state index contributed by atoms with van der Waals surface area (Å²) in [4.78, 5) is 16.8. The number of hydrogen-bond donors (Lipinski definition) is 0. The molecule has 1 heterocycles. The summed E-state index contributed by atoms with van der Waals surface area (Å²) in [5.74, 6) is 0.0503. The zero-order valence-electron chi connectivity index (χ0n) is 14.4. The van der Waals surface area contributed by atoms with E-state index < -0.39 is 0 Å². The number of hydrogen-bond acceptors (Lipinski definition) is 2. The molecule has 3 rings (SSSR count). The fourth-order valence-corrected chi connectivity index (χ4v) is 3.95. The van der Waals surface area contributed by atoms with Gasteiger partial charge in [-0.25, -0.2) is 0 Å². The van der Waals surface area contributed by atoms with Crippen LogP contribution in [0.3, 0.4) is 0 Å². The van der Waals surface area contributed by atoms with Crippen molar-refractivity contribution in [1.29, 1.82) is 0 Å². The average Bonchev–Trinajstić information content (AvgIpc) is 2.56. The number of benzene rings is 2. The van der Waals surface area contributed by atoms with Crippen LogP contribution in [-0.4, -0.2) is 18.5 Å². The third kappa shape index (κ3) is 3.01. The Bertz CT molecular complexity index is 732. The number of carbonyl (C=O) groups is 1. The molecule has 2 atom stereocenters. The number of anilines is 2. The van der Waals surface area contributed by atoms with Crippen LogP contribution in [0.5, 0.6) is 0 Å². The number of nitrogens with zero attached hydrogens (tertiary/aromatic N) is 2. The van der Waals surface area contributed by atoms with Crippen LogP contribution >= 0.6 is 11.6 Å². The van der Waals surface area contributed by atoms with Gasteiger partial charge in [0.05, 0.1) is 6.04 Å². The molecule has 0 N–H and O–H groups in total. The number of para-hydroxylation sites is 1. The van der Waals surface area contributed by atoms with Crippen molar-refractivity contribution in [3.63, 3.8) is 0 Å². The third-order valence-corrected chi connectivity index (χ3v) is 5.02. The van der Waals surface area contributed by atoms with Gasteiger partial charge in [0.25, 0.3) is 0 Å². The first-order chi connectivity index (χ1) is 11.5. The van der Waals surface area contributed by atoms with Crippen molar-refractivity contribution >= 4 is 28.9 Å². The van der Waals surface area contributed by atoms with E-state index in [0.29, 0.717) is 11.1 Å². The van der Waals surface area contributed by atoms with Crippen LogP contribution in [0, 0.1) is 0 Å². The highest BCUT2D eigenvalue weighted by Crippen LogP contribution is 2.43. The fourth-order valence-electron chi connectivity index (χ4n) is 3.76. The molecule has 126 valence electrons. The number of fused-ring (bicyclic) bond motifs is 1. The van der Waals surface area contributed by atoms with E-state index in [-0.39, 0.29) is 11.9 Å². The summed E-state index contributed by atoms with van der Waals surface area (Å²) in [7, 11) is 0. The highest BCUT2D eigenvalue weighted by Gasteiger charge is 2.35. The SMILES string of the molecule is CCN1c2ccc(Cl)cc2C(N(C(C)=O)c2ccccc2)CC1C. The van der Waals surface area contributed by atoms with E-state index in [9.17, 15) is 4.79 Å². The van der Waals surface area contributed by atoms with E-state index >= 15 is 0 Å². The Morgan fingerprint density at radius 3 is 2.58 bits per heavy atom. The van der Waals surface area contributed by atoms with Crippen molar-refractivity contribution in [2.45, 2.75) is 39.3 Å². The number of rotatable bonds is 3. The van der Waals surface area contributed by atoms with Gasteiger partial charge < -0.3 is 9.80 Å². The van der Waals surface area contributed by atoms with Crippen LogP contribution in [0.4, 0.5) is 11.4 Å². The van der Waals surface area contributed by atoms with Gasteiger partial charge in [0.1, 0.15) is 0 Å². The van der Waals surface area contributed by atoms with Crippen LogP contribution in [0.15, 0.2) is 48.5 Å². The van der Waals surface area contributed by atoms with Gasteiger partial charge in [0.2, 0.25) is 5.91 Å². The van der Waals surface area contributed by atoms with Crippen LogP contribution in [-0.2, 0) is 4.79 Å². The summed E-state index contributed by atoms with van der Waals surface area (Å²) >= 11 is 6.28. The Morgan fingerprint density at radius 1 is 1.25 bits per heavy atom. The fraction of sp³-hybridized carbons (Fsp3) is 0.350. The molecule has 0 aromatic heterocycles. The Hall–Kier alpha value is -2.00. The summed E-state index contributed by atoms with van der Waals surface area (Å²) in [6.45, 7) is 6.95. The lowest BCUT2D eigenvalue weighted by atomic mass is 9.90. The first kappa shape index (κ1) is 16.8. The van der Waals surface area contributed by atoms with Crippen molar-refractivity contribution in [2.75, 3.05) is 16.3 Å². The lowest BCUT2D eigenvalue weighted by molar-refractivity contribution is -0.117. The van der Waals surface area contributed by atoms with E-state index in [1.54, 1.807) is 6.92 Å². The quantitative estimate of drug-likeness (QED) is 0.779. The topological polar surface area (TPSA) is 23.6 Å². The van der Waals surface area contributed by atoms with Crippen LogP contribution in [0.2, 0.25) is 5.02 Å². The molecule has 2 unspecified atom stereocenters. The molecule has 0 bridgehead atoms. The van der Waals surface area contributed by atoms with E-state index in [2.05, 4.69) is 24.8 Å². The molecule has 2 aromatic carbocycles. The molecule has 0 saturated heterocycles. The van der Waals surface area contributed by atoms with E-state index in [1.165, 1.54) is 5.69 Å². The lowest BCUT2D eigenvalue weighted by Crippen LogP contribution is -2.44. The Morgan fingerprint density at radius 2 is 1.96 bits per heavy atom. The maximum Gasteiger partial charge on any atom is 0.224 e. The molecule has 2 aromatic rings. The van der Waals surface area contributed by atoms with Gasteiger partial charge in [0.15, 0.2) is 0 Å². The number of carbonyl (C=O) groups excluding carboxylic acids is 1. The molecular formula is C20H23ClN2O. The maximum absolute atomic E-state index is 12.5. The normalized spacial score (nSPS) is 19.8. The molecule has 1 aliphatic heterocycles. The lowest BCUT2D eigenvalue weighted by Gasteiger charge is -2.44. The number of amides is 1. The second-order valence-electron chi connectivity index (χ2n) is 6.31. The molecule has 24 heavy (non-hydrogen) atoms. The van der Waals surface area contributed by atoms with Gasteiger partial charge in [-0.1, -0.05) is 29.8 Å². The largest absolute Gasteiger partial charge is 0.369 e. The Kier molecular flexibility index (Phi) is 4.81. The highest BCUT2D eigenvalue weighted by atomic mass is 35.5. The van der Waals surface area contributed by atoms with E-state index in [0.717, 1.165) is 24.2 Å². The molecule has 0 saturated carbocycles. The highest BCUT2D eigenvalue weighted by molar-refractivity contribution is 6.30. The van der Waals surface area contributed by atoms with Crippen molar-refractivity contribution in [1.82, 2.24) is 0 Å². The van der Waals surface area contributed by atoms with Gasteiger partial charge in [-0.3, -0.25) is 4.79 Å². The van der Waals surface area contributed by atoms with Gasteiger partial charge in [-0.05, 0) is 56.2 Å². The van der Waals surface area contributed by atoms with Crippen LogP contribution in [0.1, 0.15) is 38.8 Å². The molecular weight excluding hydrogens is 320 g/mol. The zero-order chi connectivity index (χ0) is 17.3. The maximum atomic E-state index is 12.5. The summed E-state index contributed by atoms with van der Waals surface area (Å²) in [6, 6.07) is 16.3. The van der Waals surface area contributed by atoms with Gasteiger partial charge in [0, 0.05) is 35.9 Å². The minimum Gasteiger partial charge on any atom is -0.369 e. The third-order valence-electron chi connectivity index (χ3n) is 4.78. The number of halogens is 1. The van der Waals surface area contributed by atoms with E-state index in [1.807, 2.05) is 47.4 Å². The molecule has 0 radical (unpaired) electrons. The van der Waals surface area contributed by atoms with Crippen molar-refractivity contribution in [3.8, 4) is 0 Å². The van der Waals surface area contributed by atoms with Crippen LogP contribution in [0.25, 0.3) is 0 Å².